The van der Waals surface area contributed by atoms with E-state index in [1.807, 2.05) is 24.3 Å². The Morgan fingerprint density at radius 2 is 1.97 bits per heavy atom. The highest BCUT2D eigenvalue weighted by molar-refractivity contribution is 6.30. The highest BCUT2D eigenvalue weighted by atomic mass is 35.5. The number of aryl methyl sites for hydroxylation is 1. The number of aromatic nitrogens is 2. The summed E-state index contributed by atoms with van der Waals surface area (Å²) in [4.78, 5) is 23.6. The monoisotopic (exact) mass is 440 g/mol. The summed E-state index contributed by atoms with van der Waals surface area (Å²) in [5.41, 5.74) is 7.42. The predicted octanol–water partition coefficient (Wildman–Crippen LogP) is 4.79. The lowest BCUT2D eigenvalue weighted by Crippen LogP contribution is -2.25. The molecular weight excluding hydrogens is 412 g/mol. The van der Waals surface area contributed by atoms with E-state index in [9.17, 15) is 4.79 Å². The minimum atomic E-state index is -0.0319. The second-order valence-electron chi connectivity index (χ2n) is 7.58. The van der Waals surface area contributed by atoms with Crippen molar-refractivity contribution in [2.24, 2.45) is 0 Å². The number of ketones is 1. The lowest BCUT2D eigenvalue weighted by atomic mass is 10.0. The molecule has 1 aliphatic rings. The van der Waals surface area contributed by atoms with Gasteiger partial charge in [-0.15, -0.1) is 0 Å². The normalized spacial score (nSPS) is 13.8. The number of ether oxygens (including phenoxy) is 1. The molecule has 1 aliphatic heterocycles. The molecule has 0 bridgehead atoms. The number of likely N-dealkylation sites (tertiary alicyclic amines) is 1. The zero-order chi connectivity index (χ0) is 20.9. The van der Waals surface area contributed by atoms with Crippen molar-refractivity contribution in [3.63, 3.8) is 0 Å². The largest absolute Gasteiger partial charge is 0.476 e. The van der Waals surface area contributed by atoms with Gasteiger partial charge in [-0.1, -0.05) is 37.2 Å². The first-order chi connectivity index (χ1) is 14.6. The van der Waals surface area contributed by atoms with Crippen molar-refractivity contribution in [3.8, 4) is 5.88 Å². The molecule has 2 aromatic heterocycles. The number of rotatable bonds is 8. The maximum Gasteiger partial charge on any atom is 0.224 e. The van der Waals surface area contributed by atoms with Crippen LogP contribution in [0.2, 0.25) is 5.02 Å². The molecule has 0 spiro atoms. The molecule has 0 aliphatic carbocycles. The van der Waals surface area contributed by atoms with Gasteiger partial charge in [0.1, 0.15) is 12.4 Å². The van der Waals surface area contributed by atoms with Gasteiger partial charge in [-0.05, 0) is 55.4 Å². The summed E-state index contributed by atoms with van der Waals surface area (Å²) in [6, 6.07) is 9.55. The lowest BCUT2D eigenvalue weighted by molar-refractivity contribution is 0.0977. The van der Waals surface area contributed by atoms with Gasteiger partial charge in [0.25, 0.3) is 0 Å². The number of Topliss-reactive ketones (excluding diaryl/α,β-unsaturated/α-hetero) is 1. The Morgan fingerprint density at radius 3 is 2.77 bits per heavy atom. The Hall–Kier alpha value is -2.70. The molecule has 1 fully saturated rings. The van der Waals surface area contributed by atoms with Crippen molar-refractivity contribution in [3.05, 3.63) is 58.9 Å². The molecule has 164 valence electrons. The van der Waals surface area contributed by atoms with E-state index in [1.54, 1.807) is 12.3 Å². The summed E-state index contributed by atoms with van der Waals surface area (Å²) < 4.78 is 5.84. The molecule has 2 N–H and O–H groups in total. The number of fused-ring (bicyclic) bond motifs is 1. The molecule has 1 aromatic carbocycles. The van der Waals surface area contributed by atoms with Gasteiger partial charge in [-0.25, -0.2) is 9.97 Å². The van der Waals surface area contributed by atoms with Crippen molar-refractivity contribution in [2.75, 3.05) is 32.0 Å². The van der Waals surface area contributed by atoms with E-state index < -0.39 is 0 Å². The predicted molar refractivity (Wildman–Crippen MR) is 126 cm³/mol. The topological polar surface area (TPSA) is 81.3 Å². The minimum absolute atomic E-state index is 0. The standard InChI is InChI=1S/C23H25ClN4O2.CH4/c24-18-14-20(23(27-15-18)30-12-11-28-9-1-2-10-28)21(29)6-4-16-3-5-19-17(13-16)7-8-26-22(19)25;/h3,5,7-8,13-15H,1-2,4,6,9-12H2,(H2,25,26);1H4. The van der Waals surface area contributed by atoms with Crippen LogP contribution in [-0.4, -0.2) is 46.9 Å². The molecule has 31 heavy (non-hydrogen) atoms. The van der Waals surface area contributed by atoms with Crippen LogP contribution in [-0.2, 0) is 6.42 Å². The SMILES string of the molecule is C.Nc1nccc2cc(CCC(=O)c3cc(Cl)cnc3OCCN3CCCC3)ccc12. The fourth-order valence-electron chi connectivity index (χ4n) is 3.82. The number of hydrogen-bond acceptors (Lipinski definition) is 6. The first kappa shape index (κ1) is 23.0. The Morgan fingerprint density at radius 1 is 1.16 bits per heavy atom. The van der Waals surface area contributed by atoms with E-state index in [2.05, 4.69) is 14.9 Å². The molecule has 1 saturated heterocycles. The Kier molecular flexibility index (Phi) is 7.82. The van der Waals surface area contributed by atoms with Crippen LogP contribution in [0.3, 0.4) is 0 Å². The Balaban J connectivity index is 0.00000272. The first-order valence-electron chi connectivity index (χ1n) is 10.3. The maximum atomic E-state index is 12.9. The Bertz CT molecular complexity index is 1050. The molecular formula is C24H29ClN4O2. The smallest absolute Gasteiger partial charge is 0.224 e. The lowest BCUT2D eigenvalue weighted by Gasteiger charge is -2.15. The number of anilines is 1. The number of carbonyl (C=O) groups excluding carboxylic acids is 1. The third-order valence-corrected chi connectivity index (χ3v) is 5.67. The summed E-state index contributed by atoms with van der Waals surface area (Å²) >= 11 is 6.10. The van der Waals surface area contributed by atoms with E-state index in [-0.39, 0.29) is 13.2 Å². The molecule has 0 atom stereocenters. The number of halogens is 1. The van der Waals surface area contributed by atoms with E-state index in [0.29, 0.717) is 41.7 Å². The number of benzene rings is 1. The quantitative estimate of drug-likeness (QED) is 0.507. The molecule has 3 aromatic rings. The van der Waals surface area contributed by atoms with Gasteiger partial charge in [-0.3, -0.25) is 9.69 Å². The first-order valence-corrected chi connectivity index (χ1v) is 10.6. The molecule has 4 rings (SSSR count). The molecule has 0 amide bonds. The van der Waals surface area contributed by atoms with Crippen LogP contribution in [0.1, 0.15) is 42.6 Å². The van der Waals surface area contributed by atoms with Gasteiger partial charge in [0.05, 0.1) is 10.6 Å². The summed E-state index contributed by atoms with van der Waals surface area (Å²) in [5.74, 6) is 0.840. The summed E-state index contributed by atoms with van der Waals surface area (Å²) in [6.07, 6.45) is 6.64. The van der Waals surface area contributed by atoms with Gasteiger partial charge in [0.15, 0.2) is 5.78 Å². The van der Waals surface area contributed by atoms with Crippen molar-refractivity contribution in [1.29, 1.82) is 0 Å². The fourth-order valence-corrected chi connectivity index (χ4v) is 3.98. The van der Waals surface area contributed by atoms with Crippen LogP contribution in [0.25, 0.3) is 10.8 Å². The maximum absolute atomic E-state index is 12.9. The van der Waals surface area contributed by atoms with Crippen LogP contribution < -0.4 is 10.5 Å². The highest BCUT2D eigenvalue weighted by Crippen LogP contribution is 2.24. The summed E-state index contributed by atoms with van der Waals surface area (Å²) in [6.45, 7) is 3.56. The highest BCUT2D eigenvalue weighted by Gasteiger charge is 2.17. The van der Waals surface area contributed by atoms with Crippen LogP contribution in [0.5, 0.6) is 5.88 Å². The van der Waals surface area contributed by atoms with Crippen molar-refractivity contribution in [1.82, 2.24) is 14.9 Å². The van der Waals surface area contributed by atoms with E-state index in [4.69, 9.17) is 22.1 Å². The number of pyridine rings is 2. The average Bonchev–Trinajstić information content (AvgIpc) is 3.26. The molecule has 6 nitrogen and oxygen atoms in total. The van der Waals surface area contributed by atoms with Crippen molar-refractivity contribution in [2.45, 2.75) is 33.1 Å². The molecule has 0 unspecified atom stereocenters. The summed E-state index contributed by atoms with van der Waals surface area (Å²) in [5, 5.41) is 2.36. The number of hydrogen-bond donors (Lipinski definition) is 1. The number of carbonyl (C=O) groups is 1. The van der Waals surface area contributed by atoms with Crippen molar-refractivity contribution >= 4 is 34.0 Å². The molecule has 0 radical (unpaired) electrons. The minimum Gasteiger partial charge on any atom is -0.476 e. The van der Waals surface area contributed by atoms with Gasteiger partial charge in [-0.2, -0.15) is 0 Å². The van der Waals surface area contributed by atoms with Crippen LogP contribution >= 0.6 is 11.6 Å². The van der Waals surface area contributed by atoms with Crippen molar-refractivity contribution < 1.29 is 9.53 Å². The second-order valence-corrected chi connectivity index (χ2v) is 8.01. The summed E-state index contributed by atoms with van der Waals surface area (Å²) in [7, 11) is 0. The van der Waals surface area contributed by atoms with Gasteiger partial charge in [0.2, 0.25) is 5.88 Å². The van der Waals surface area contributed by atoms with E-state index in [1.165, 1.54) is 19.0 Å². The van der Waals surface area contributed by atoms with Crippen LogP contribution in [0.4, 0.5) is 5.82 Å². The average molecular weight is 441 g/mol. The molecule has 0 saturated carbocycles. The van der Waals surface area contributed by atoms with Crippen LogP contribution in [0.15, 0.2) is 42.7 Å². The molecule has 3 heterocycles. The van der Waals surface area contributed by atoms with Gasteiger partial charge >= 0.3 is 0 Å². The number of nitrogen functional groups attached to an aromatic ring is 1. The number of nitrogens with two attached hydrogens (primary N) is 1. The zero-order valence-electron chi connectivity index (χ0n) is 16.8. The third kappa shape index (κ3) is 5.71. The van der Waals surface area contributed by atoms with Crippen LogP contribution in [0, 0.1) is 0 Å². The van der Waals surface area contributed by atoms with Gasteiger partial charge < -0.3 is 10.5 Å². The fraction of sp³-hybridized carbons (Fsp3) is 0.375. The second kappa shape index (κ2) is 10.6. The third-order valence-electron chi connectivity index (χ3n) is 5.46. The van der Waals surface area contributed by atoms with E-state index >= 15 is 0 Å². The zero-order valence-corrected chi connectivity index (χ0v) is 17.6. The number of nitrogens with zero attached hydrogens (tertiary/aromatic N) is 3. The Labute approximate surface area is 188 Å². The van der Waals surface area contributed by atoms with E-state index in [0.717, 1.165) is 36.0 Å². The molecule has 7 heteroatoms. The van der Waals surface area contributed by atoms with Gasteiger partial charge in [0, 0.05) is 30.7 Å².